The van der Waals surface area contributed by atoms with Crippen LogP contribution in [0.4, 0.5) is 5.69 Å². The van der Waals surface area contributed by atoms with E-state index in [1.165, 1.54) is 30.3 Å². The molecule has 0 radical (unpaired) electrons. The fourth-order valence-electron chi connectivity index (χ4n) is 1.49. The van der Waals surface area contributed by atoms with Crippen molar-refractivity contribution in [3.63, 3.8) is 0 Å². The standard InChI is InChI=1S/C10H9N5O3/c11-10(12)14-9(16)5-8(13-14)6-1-3-7(4-2-6)15(17)18/h1-5,13H,(H3,11,12). The summed E-state index contributed by atoms with van der Waals surface area (Å²) in [5.41, 5.74) is 5.73. The van der Waals surface area contributed by atoms with Crippen molar-refractivity contribution in [3.8, 4) is 11.3 Å². The van der Waals surface area contributed by atoms with Crippen LogP contribution in [0, 0.1) is 15.5 Å². The number of nitrogens with two attached hydrogens (primary N) is 1. The first-order chi connectivity index (χ1) is 8.49. The summed E-state index contributed by atoms with van der Waals surface area (Å²) < 4.78 is 0.872. The van der Waals surface area contributed by atoms with Crippen LogP contribution in [0.15, 0.2) is 35.1 Å². The average Bonchev–Trinajstić information content (AvgIpc) is 2.71. The van der Waals surface area contributed by atoms with Crippen LogP contribution in [0.25, 0.3) is 11.3 Å². The molecule has 2 aromatic rings. The highest BCUT2D eigenvalue weighted by Gasteiger charge is 2.09. The molecule has 92 valence electrons. The SMILES string of the molecule is N=C(N)n1[nH]c(-c2ccc([N+](=O)[O-])cc2)cc1=O. The first-order valence-electron chi connectivity index (χ1n) is 4.90. The van der Waals surface area contributed by atoms with E-state index in [4.69, 9.17) is 11.1 Å². The number of aromatic nitrogens is 2. The Bertz CT molecular complexity index is 668. The number of nitro benzene ring substituents is 1. The molecule has 0 atom stereocenters. The number of nitrogens with zero attached hydrogens (tertiary/aromatic N) is 2. The van der Waals surface area contributed by atoms with E-state index in [1.807, 2.05) is 0 Å². The number of hydrogen-bond acceptors (Lipinski definition) is 4. The van der Waals surface area contributed by atoms with Gasteiger partial charge in [-0.25, -0.2) is 0 Å². The summed E-state index contributed by atoms with van der Waals surface area (Å²) in [5, 5.41) is 20.3. The monoisotopic (exact) mass is 247 g/mol. The zero-order valence-corrected chi connectivity index (χ0v) is 9.08. The summed E-state index contributed by atoms with van der Waals surface area (Å²) >= 11 is 0. The second-order valence-electron chi connectivity index (χ2n) is 3.53. The molecule has 0 aliphatic carbocycles. The Morgan fingerprint density at radius 3 is 2.44 bits per heavy atom. The van der Waals surface area contributed by atoms with Crippen molar-refractivity contribution in [1.82, 2.24) is 9.78 Å². The van der Waals surface area contributed by atoms with Crippen LogP contribution < -0.4 is 11.3 Å². The van der Waals surface area contributed by atoms with Crippen LogP contribution in [-0.2, 0) is 0 Å². The predicted molar refractivity (Wildman–Crippen MR) is 64.5 cm³/mol. The molecule has 0 saturated heterocycles. The lowest BCUT2D eigenvalue weighted by Crippen LogP contribution is -2.30. The quantitative estimate of drug-likeness (QED) is 0.308. The van der Waals surface area contributed by atoms with Gasteiger partial charge in [-0.3, -0.25) is 25.4 Å². The number of aromatic amines is 1. The second-order valence-corrected chi connectivity index (χ2v) is 3.53. The van der Waals surface area contributed by atoms with Gasteiger partial charge in [-0.05, 0) is 12.1 Å². The van der Waals surface area contributed by atoms with Gasteiger partial charge in [-0.2, -0.15) is 4.68 Å². The fraction of sp³-hybridized carbons (Fsp3) is 0. The molecular weight excluding hydrogens is 238 g/mol. The van der Waals surface area contributed by atoms with Crippen molar-refractivity contribution in [3.05, 3.63) is 50.8 Å². The summed E-state index contributed by atoms with van der Waals surface area (Å²) in [5.74, 6) is -0.423. The second kappa shape index (κ2) is 4.17. The minimum atomic E-state index is -0.507. The Morgan fingerprint density at radius 2 is 2.00 bits per heavy atom. The molecule has 0 aliphatic rings. The van der Waals surface area contributed by atoms with Gasteiger partial charge >= 0.3 is 0 Å². The molecule has 2 rings (SSSR count). The van der Waals surface area contributed by atoms with Gasteiger partial charge < -0.3 is 5.73 Å². The minimum Gasteiger partial charge on any atom is -0.368 e. The highest BCUT2D eigenvalue weighted by atomic mass is 16.6. The Kier molecular flexibility index (Phi) is 2.68. The zero-order valence-electron chi connectivity index (χ0n) is 9.08. The summed E-state index contributed by atoms with van der Waals surface area (Å²) in [7, 11) is 0. The van der Waals surface area contributed by atoms with Gasteiger partial charge in [0, 0.05) is 23.8 Å². The first-order valence-corrected chi connectivity index (χ1v) is 4.90. The van der Waals surface area contributed by atoms with E-state index in [0.717, 1.165) is 4.68 Å². The van der Waals surface area contributed by atoms with E-state index in [1.54, 1.807) is 0 Å². The van der Waals surface area contributed by atoms with Gasteiger partial charge in [0.2, 0.25) is 5.96 Å². The summed E-state index contributed by atoms with van der Waals surface area (Å²) in [4.78, 5) is 21.4. The smallest absolute Gasteiger partial charge is 0.274 e. The van der Waals surface area contributed by atoms with Crippen LogP contribution in [0.5, 0.6) is 0 Å². The van der Waals surface area contributed by atoms with Gasteiger partial charge in [0.15, 0.2) is 0 Å². The Morgan fingerprint density at radius 1 is 1.39 bits per heavy atom. The molecule has 0 spiro atoms. The van der Waals surface area contributed by atoms with Crippen molar-refractivity contribution < 1.29 is 4.92 Å². The largest absolute Gasteiger partial charge is 0.368 e. The molecule has 4 N–H and O–H groups in total. The highest BCUT2D eigenvalue weighted by Crippen LogP contribution is 2.19. The first kappa shape index (κ1) is 11.6. The summed E-state index contributed by atoms with van der Waals surface area (Å²) in [6.07, 6.45) is 0. The van der Waals surface area contributed by atoms with E-state index in [2.05, 4.69) is 5.10 Å². The molecule has 8 nitrogen and oxygen atoms in total. The maximum atomic E-state index is 11.4. The molecule has 1 aromatic carbocycles. The Labute approximate surface area is 100 Å². The number of nitrogens with one attached hydrogen (secondary N) is 2. The zero-order chi connectivity index (χ0) is 13.3. The van der Waals surface area contributed by atoms with Gasteiger partial charge in [-0.15, -0.1) is 0 Å². The summed E-state index contributed by atoms with van der Waals surface area (Å²) in [6.45, 7) is 0. The highest BCUT2D eigenvalue weighted by molar-refractivity contribution is 5.77. The van der Waals surface area contributed by atoms with E-state index in [9.17, 15) is 14.9 Å². The van der Waals surface area contributed by atoms with Crippen LogP contribution >= 0.6 is 0 Å². The molecule has 1 heterocycles. The molecule has 0 amide bonds. The number of nitrogen functional groups attached to an aromatic ring is 1. The lowest BCUT2D eigenvalue weighted by molar-refractivity contribution is -0.384. The predicted octanol–water partition coefficient (Wildman–Crippen LogP) is 0.493. The molecule has 0 bridgehead atoms. The van der Waals surface area contributed by atoms with Crippen molar-refractivity contribution in [2.45, 2.75) is 0 Å². The molecule has 1 aromatic heterocycles. The molecule has 0 aliphatic heterocycles. The van der Waals surface area contributed by atoms with Gasteiger partial charge in [0.05, 0.1) is 10.6 Å². The number of nitro groups is 1. The van der Waals surface area contributed by atoms with Crippen molar-refractivity contribution in [2.75, 3.05) is 0 Å². The maximum Gasteiger partial charge on any atom is 0.274 e. The molecule has 8 heteroatoms. The lowest BCUT2D eigenvalue weighted by atomic mass is 10.1. The fourth-order valence-corrected chi connectivity index (χ4v) is 1.49. The minimum absolute atomic E-state index is 0.0351. The number of H-pyrrole nitrogens is 1. The Hall–Kier alpha value is -2.90. The molecule has 0 saturated carbocycles. The van der Waals surface area contributed by atoms with Crippen molar-refractivity contribution >= 4 is 11.6 Å². The topological polar surface area (TPSA) is 131 Å². The van der Waals surface area contributed by atoms with Crippen molar-refractivity contribution in [1.29, 1.82) is 5.41 Å². The van der Waals surface area contributed by atoms with E-state index in [0.29, 0.717) is 11.3 Å². The lowest BCUT2D eigenvalue weighted by Gasteiger charge is -1.98. The van der Waals surface area contributed by atoms with E-state index < -0.39 is 16.4 Å². The van der Waals surface area contributed by atoms with E-state index >= 15 is 0 Å². The van der Waals surface area contributed by atoms with Crippen molar-refractivity contribution in [2.24, 2.45) is 5.73 Å². The normalized spacial score (nSPS) is 10.2. The molecular formula is C10H9N5O3. The summed E-state index contributed by atoms with van der Waals surface area (Å²) in [6, 6.07) is 6.95. The molecule has 0 unspecified atom stereocenters. The van der Waals surface area contributed by atoms with Crippen LogP contribution in [0.1, 0.15) is 0 Å². The van der Waals surface area contributed by atoms with Gasteiger partial charge in [-0.1, -0.05) is 0 Å². The third kappa shape index (κ3) is 1.98. The van der Waals surface area contributed by atoms with E-state index in [-0.39, 0.29) is 5.69 Å². The Balaban J connectivity index is 2.43. The van der Waals surface area contributed by atoms with Gasteiger partial charge in [0.25, 0.3) is 11.2 Å². The van der Waals surface area contributed by atoms with Crippen LogP contribution in [0.3, 0.4) is 0 Å². The maximum absolute atomic E-state index is 11.4. The molecule has 0 fully saturated rings. The number of benzene rings is 1. The average molecular weight is 247 g/mol. The number of hydrogen-bond donors (Lipinski definition) is 3. The third-order valence-electron chi connectivity index (χ3n) is 2.35. The van der Waals surface area contributed by atoms with Gasteiger partial charge in [0.1, 0.15) is 0 Å². The third-order valence-corrected chi connectivity index (χ3v) is 2.35. The number of non-ortho nitro benzene ring substituents is 1. The van der Waals surface area contributed by atoms with Crippen LogP contribution in [0.2, 0.25) is 0 Å². The number of rotatable bonds is 2. The van der Waals surface area contributed by atoms with Crippen LogP contribution in [-0.4, -0.2) is 20.7 Å². The molecule has 18 heavy (non-hydrogen) atoms.